The maximum atomic E-state index is 12.0. The molecule has 0 aliphatic heterocycles. The molecule has 3 N–H and O–H groups in total. The fourth-order valence-electron chi connectivity index (χ4n) is 3.88. The van der Waals surface area contributed by atoms with E-state index in [9.17, 15) is 14.7 Å². The third-order valence-electron chi connectivity index (χ3n) is 5.64. The van der Waals surface area contributed by atoms with Crippen LogP contribution in [0.15, 0.2) is 0 Å². The second-order valence-corrected chi connectivity index (χ2v) is 6.89. The lowest BCUT2D eigenvalue weighted by molar-refractivity contribution is -0.148. The van der Waals surface area contributed by atoms with Gasteiger partial charge in [0.25, 0.3) is 0 Å². The van der Waals surface area contributed by atoms with Crippen LogP contribution in [0.1, 0.15) is 64.7 Å². The van der Waals surface area contributed by atoms with Gasteiger partial charge in [-0.2, -0.15) is 0 Å². The van der Waals surface area contributed by atoms with Crippen LogP contribution in [0.3, 0.4) is 0 Å². The van der Waals surface area contributed by atoms with Gasteiger partial charge in [-0.05, 0) is 37.5 Å². The highest BCUT2D eigenvalue weighted by Crippen LogP contribution is 2.40. The summed E-state index contributed by atoms with van der Waals surface area (Å²) in [6, 6.07) is -0.220. The molecule has 2 aliphatic rings. The minimum atomic E-state index is -0.777. The third-order valence-corrected chi connectivity index (χ3v) is 5.64. The van der Waals surface area contributed by atoms with E-state index >= 15 is 0 Å². The molecule has 0 unspecified atom stereocenters. The summed E-state index contributed by atoms with van der Waals surface area (Å²) in [5.41, 5.74) is -0.484. The van der Waals surface area contributed by atoms with Crippen molar-refractivity contribution < 1.29 is 14.7 Å². The average molecular weight is 296 g/mol. The highest BCUT2D eigenvalue weighted by atomic mass is 16.4. The SMILES string of the molecule is CCC1(CNC(=O)NCC2(C(=O)O)CCCC2)CCCC1. The molecule has 0 atom stereocenters. The van der Waals surface area contributed by atoms with Crippen molar-refractivity contribution in [3.8, 4) is 0 Å². The van der Waals surface area contributed by atoms with Gasteiger partial charge in [-0.15, -0.1) is 0 Å². The number of hydrogen-bond donors (Lipinski definition) is 3. The molecule has 5 heteroatoms. The molecule has 2 saturated carbocycles. The number of urea groups is 1. The van der Waals surface area contributed by atoms with Gasteiger partial charge in [0.05, 0.1) is 5.41 Å². The molecule has 0 spiro atoms. The molecule has 5 nitrogen and oxygen atoms in total. The Hall–Kier alpha value is -1.26. The zero-order valence-corrected chi connectivity index (χ0v) is 13.0. The van der Waals surface area contributed by atoms with Crippen LogP contribution in [-0.4, -0.2) is 30.2 Å². The molecule has 0 aromatic carbocycles. The number of carboxylic acid groups (broad SMARTS) is 1. The summed E-state index contributed by atoms with van der Waals surface area (Å²) in [4.78, 5) is 23.4. The molecule has 2 aliphatic carbocycles. The average Bonchev–Trinajstić information content (AvgIpc) is 3.13. The lowest BCUT2D eigenvalue weighted by Gasteiger charge is -2.28. The number of nitrogens with one attached hydrogen (secondary N) is 2. The first-order valence-corrected chi connectivity index (χ1v) is 8.27. The molecule has 21 heavy (non-hydrogen) atoms. The van der Waals surface area contributed by atoms with Gasteiger partial charge in [0, 0.05) is 13.1 Å². The predicted octanol–water partition coefficient (Wildman–Crippen LogP) is 2.90. The van der Waals surface area contributed by atoms with Gasteiger partial charge in [-0.3, -0.25) is 4.79 Å². The molecule has 0 bridgehead atoms. The van der Waals surface area contributed by atoms with E-state index in [1.54, 1.807) is 0 Å². The zero-order chi connectivity index (χ0) is 15.3. The number of amides is 2. The molecule has 0 aromatic heterocycles. The van der Waals surface area contributed by atoms with Crippen molar-refractivity contribution in [2.75, 3.05) is 13.1 Å². The van der Waals surface area contributed by atoms with Gasteiger partial charge in [0.1, 0.15) is 0 Å². The fourth-order valence-corrected chi connectivity index (χ4v) is 3.88. The summed E-state index contributed by atoms with van der Waals surface area (Å²) in [7, 11) is 0. The predicted molar refractivity (Wildman–Crippen MR) is 81.1 cm³/mol. The third kappa shape index (κ3) is 3.69. The monoisotopic (exact) mass is 296 g/mol. The van der Waals surface area contributed by atoms with Gasteiger partial charge in [-0.25, -0.2) is 4.79 Å². The van der Waals surface area contributed by atoms with Crippen molar-refractivity contribution in [3.63, 3.8) is 0 Å². The van der Waals surface area contributed by atoms with Crippen molar-refractivity contribution >= 4 is 12.0 Å². The first-order chi connectivity index (χ1) is 10.0. The number of hydrogen-bond acceptors (Lipinski definition) is 2. The summed E-state index contributed by atoms with van der Waals surface area (Å²) < 4.78 is 0. The molecule has 0 saturated heterocycles. The Labute approximate surface area is 126 Å². The maximum absolute atomic E-state index is 12.0. The number of carboxylic acids is 1. The van der Waals surface area contributed by atoms with E-state index in [0.717, 1.165) is 19.3 Å². The Kier molecular flexibility index (Phi) is 5.12. The van der Waals surface area contributed by atoms with E-state index in [2.05, 4.69) is 17.6 Å². The molecule has 0 heterocycles. The Bertz CT molecular complexity index is 383. The number of carbonyl (C=O) groups is 2. The first kappa shape index (κ1) is 16.1. The lowest BCUT2D eigenvalue weighted by Crippen LogP contribution is -2.47. The fraction of sp³-hybridized carbons (Fsp3) is 0.875. The minimum absolute atomic E-state index is 0.220. The van der Waals surface area contributed by atoms with Crippen molar-refractivity contribution in [1.82, 2.24) is 10.6 Å². The van der Waals surface area contributed by atoms with E-state index in [1.807, 2.05) is 0 Å². The Morgan fingerprint density at radius 3 is 2.00 bits per heavy atom. The van der Waals surface area contributed by atoms with Gasteiger partial charge < -0.3 is 15.7 Å². The van der Waals surface area contributed by atoms with Crippen molar-refractivity contribution in [1.29, 1.82) is 0 Å². The van der Waals surface area contributed by atoms with Crippen molar-refractivity contribution in [2.45, 2.75) is 64.7 Å². The summed E-state index contributed by atoms with van der Waals surface area (Å²) in [5, 5.41) is 15.1. The van der Waals surface area contributed by atoms with Gasteiger partial charge in [-0.1, -0.05) is 32.6 Å². The van der Waals surface area contributed by atoms with Crippen LogP contribution in [0.5, 0.6) is 0 Å². The van der Waals surface area contributed by atoms with Gasteiger partial charge >= 0.3 is 12.0 Å². The molecule has 2 rings (SSSR count). The number of aliphatic carboxylic acids is 1. The number of rotatable bonds is 6. The van der Waals surface area contributed by atoms with Crippen LogP contribution in [0.2, 0.25) is 0 Å². The Balaban J connectivity index is 1.78. The minimum Gasteiger partial charge on any atom is -0.481 e. The van der Waals surface area contributed by atoms with E-state index in [1.165, 1.54) is 25.7 Å². The van der Waals surface area contributed by atoms with Crippen LogP contribution in [0.4, 0.5) is 4.79 Å². The molecular weight excluding hydrogens is 268 g/mol. The normalized spacial score (nSPS) is 22.9. The van der Waals surface area contributed by atoms with Crippen LogP contribution in [-0.2, 0) is 4.79 Å². The van der Waals surface area contributed by atoms with Crippen LogP contribution >= 0.6 is 0 Å². The standard InChI is InChI=1S/C16H28N2O3/c1-2-15(7-3-4-8-15)11-17-14(21)18-12-16(13(19)20)9-5-6-10-16/h2-12H2,1H3,(H,19,20)(H2,17,18,21). The molecular formula is C16H28N2O3. The largest absolute Gasteiger partial charge is 0.481 e. The highest BCUT2D eigenvalue weighted by Gasteiger charge is 2.41. The quantitative estimate of drug-likeness (QED) is 0.705. The summed E-state index contributed by atoms with van der Waals surface area (Å²) in [5.74, 6) is -0.777. The molecule has 0 radical (unpaired) electrons. The highest BCUT2D eigenvalue weighted by molar-refractivity contribution is 5.78. The van der Waals surface area contributed by atoms with Crippen LogP contribution < -0.4 is 10.6 Å². The maximum Gasteiger partial charge on any atom is 0.314 e. The Morgan fingerprint density at radius 2 is 1.48 bits per heavy atom. The van der Waals surface area contributed by atoms with Crippen molar-refractivity contribution in [3.05, 3.63) is 0 Å². The topological polar surface area (TPSA) is 78.4 Å². The van der Waals surface area contributed by atoms with E-state index in [-0.39, 0.29) is 18.0 Å². The Morgan fingerprint density at radius 1 is 0.952 bits per heavy atom. The smallest absolute Gasteiger partial charge is 0.314 e. The van der Waals surface area contributed by atoms with E-state index in [4.69, 9.17) is 0 Å². The molecule has 120 valence electrons. The van der Waals surface area contributed by atoms with E-state index in [0.29, 0.717) is 19.4 Å². The van der Waals surface area contributed by atoms with E-state index < -0.39 is 11.4 Å². The van der Waals surface area contributed by atoms with Crippen LogP contribution in [0, 0.1) is 10.8 Å². The lowest BCUT2D eigenvalue weighted by atomic mass is 9.83. The van der Waals surface area contributed by atoms with Crippen molar-refractivity contribution in [2.24, 2.45) is 10.8 Å². The summed E-state index contributed by atoms with van der Waals surface area (Å²) in [6.45, 7) is 3.13. The molecule has 2 fully saturated rings. The zero-order valence-electron chi connectivity index (χ0n) is 13.0. The summed E-state index contributed by atoms with van der Waals surface area (Å²) >= 11 is 0. The molecule has 2 amide bonds. The molecule has 0 aromatic rings. The first-order valence-electron chi connectivity index (χ1n) is 8.27. The summed E-state index contributed by atoms with van der Waals surface area (Å²) in [6.07, 6.45) is 9.17. The second kappa shape index (κ2) is 6.67. The van der Waals surface area contributed by atoms with Crippen LogP contribution in [0.25, 0.3) is 0 Å². The van der Waals surface area contributed by atoms with Gasteiger partial charge in [0.15, 0.2) is 0 Å². The second-order valence-electron chi connectivity index (χ2n) is 6.89. The van der Waals surface area contributed by atoms with Gasteiger partial charge in [0.2, 0.25) is 0 Å². The number of carbonyl (C=O) groups excluding carboxylic acids is 1.